The van der Waals surface area contributed by atoms with E-state index in [0.717, 1.165) is 77.4 Å². The molecule has 0 radical (unpaired) electrons. The highest BCUT2D eigenvalue weighted by atomic mass is 15.5. The van der Waals surface area contributed by atoms with Crippen molar-refractivity contribution in [2.45, 2.75) is 222 Å². The first-order chi connectivity index (χ1) is 28.1. The van der Waals surface area contributed by atoms with Crippen LogP contribution in [0.25, 0.3) is 0 Å². The van der Waals surface area contributed by atoms with E-state index in [2.05, 4.69) is 63.8 Å². The van der Waals surface area contributed by atoms with Crippen molar-refractivity contribution < 1.29 is 0 Å². The fraction of sp³-hybridized carbons (Fsp3) is 0.849. The van der Waals surface area contributed by atoms with Crippen molar-refractivity contribution in [1.82, 2.24) is 20.4 Å². The van der Waals surface area contributed by atoms with E-state index in [0.29, 0.717) is 29.8 Å². The third-order valence-electron chi connectivity index (χ3n) is 20.7. The lowest BCUT2D eigenvalue weighted by atomic mass is 9.54. The van der Waals surface area contributed by atoms with Crippen LogP contribution in [0.4, 0.5) is 0 Å². The second-order valence-corrected chi connectivity index (χ2v) is 23.1. The molecule has 3 heterocycles. The predicted octanol–water partition coefficient (Wildman–Crippen LogP) is 11.5. The Morgan fingerprint density at radius 1 is 0.649 bits per heavy atom. The second kappa shape index (κ2) is 15.3. The summed E-state index contributed by atoms with van der Waals surface area (Å²) in [5, 5.41) is 9.18. The van der Waals surface area contributed by atoms with Gasteiger partial charge < -0.3 is 0 Å². The Bertz CT molecular complexity index is 1610. The smallest absolute Gasteiger partial charge is 0.115 e. The van der Waals surface area contributed by atoms with Gasteiger partial charge in [-0.2, -0.15) is 0 Å². The van der Waals surface area contributed by atoms with Gasteiger partial charge in [-0.3, -0.25) is 20.4 Å². The van der Waals surface area contributed by atoms with E-state index in [1.54, 1.807) is 5.57 Å². The predicted molar refractivity (Wildman–Crippen MR) is 234 cm³/mol. The quantitative estimate of drug-likeness (QED) is 0.279. The first kappa shape index (κ1) is 37.6. The molecule has 0 aromatic heterocycles. The standard InChI is InChI=1S/C53H80N4/c1-53-29-12-11-19-44(53)50-45(28-30-53)54-52(55-51(50)38-23-22-34-13-5-6-14-35(34)31-38)57-47-21-10-8-18-41(47)43-33-37(25-27-49(43)57)36-24-26-48-42(32-36)40-17-7-9-20-46(40)56(48)39-15-3-2-4-16-39/h2-3,24,28,30,32,34-35,37-41,43-52,54-55H,4-23,25-27,29,31,33H2,1H3. The van der Waals surface area contributed by atoms with Crippen molar-refractivity contribution in [2.75, 3.05) is 0 Å². The van der Waals surface area contributed by atoms with Crippen molar-refractivity contribution in [3.63, 3.8) is 0 Å². The number of rotatable bonds is 4. The maximum Gasteiger partial charge on any atom is 0.115 e. The number of nitrogens with zero attached hydrogens (tertiary/aromatic N) is 2. The van der Waals surface area contributed by atoms with Crippen LogP contribution in [0.1, 0.15) is 174 Å². The molecule has 12 rings (SSSR count). The number of likely N-dealkylation sites (tertiary alicyclic amines) is 2. The molecule has 57 heavy (non-hydrogen) atoms. The number of hydrogen-bond acceptors (Lipinski definition) is 4. The molecule has 9 aliphatic carbocycles. The van der Waals surface area contributed by atoms with E-state index < -0.39 is 0 Å². The molecule has 18 unspecified atom stereocenters. The summed E-state index contributed by atoms with van der Waals surface area (Å²) in [5.74, 6) is 7.94. The normalized spacial score (nSPS) is 52.3. The third kappa shape index (κ3) is 6.38. The second-order valence-electron chi connectivity index (χ2n) is 23.1. The molecule has 6 saturated carbocycles. The fourth-order valence-corrected chi connectivity index (χ4v) is 18.2. The summed E-state index contributed by atoms with van der Waals surface area (Å²) in [6.45, 7) is 2.66. The molecular formula is C53H80N4. The van der Waals surface area contributed by atoms with Crippen LogP contribution in [-0.4, -0.2) is 58.4 Å². The fourth-order valence-electron chi connectivity index (χ4n) is 18.2. The molecule has 3 saturated heterocycles. The molecule has 0 amide bonds. The van der Waals surface area contributed by atoms with Crippen LogP contribution in [0, 0.1) is 58.7 Å². The lowest BCUT2D eigenvalue weighted by Crippen LogP contribution is -2.74. The minimum absolute atomic E-state index is 0.356. The molecule has 9 fully saturated rings. The lowest BCUT2D eigenvalue weighted by Gasteiger charge is -2.59. The van der Waals surface area contributed by atoms with Gasteiger partial charge in [0, 0.05) is 42.3 Å². The SMILES string of the molecule is CC12C=CC3NC(N4C5CCCCC5C5CC(C6=CCC7C(=C6)C6CCCCC6N7C6CC=CCC6)CCC54)NC(C4CCC5CCCCC5C4)C3C1CCCC2. The van der Waals surface area contributed by atoms with E-state index in [-0.39, 0.29) is 0 Å². The van der Waals surface area contributed by atoms with Gasteiger partial charge in [-0.25, -0.2) is 0 Å². The Morgan fingerprint density at radius 3 is 2.37 bits per heavy atom. The van der Waals surface area contributed by atoms with Gasteiger partial charge in [0.1, 0.15) is 6.29 Å². The van der Waals surface area contributed by atoms with Gasteiger partial charge in [-0.1, -0.05) is 108 Å². The Kier molecular flexibility index (Phi) is 10.1. The molecule has 312 valence electrons. The Morgan fingerprint density at radius 2 is 1.46 bits per heavy atom. The van der Waals surface area contributed by atoms with Crippen molar-refractivity contribution in [3.8, 4) is 0 Å². The third-order valence-corrected chi connectivity index (χ3v) is 20.7. The number of nitrogens with one attached hydrogen (secondary N) is 2. The molecule has 3 aliphatic heterocycles. The van der Waals surface area contributed by atoms with Gasteiger partial charge in [0.2, 0.25) is 0 Å². The highest BCUT2D eigenvalue weighted by Gasteiger charge is 2.58. The molecule has 4 heteroatoms. The van der Waals surface area contributed by atoms with Gasteiger partial charge >= 0.3 is 0 Å². The molecule has 12 aliphatic rings. The van der Waals surface area contributed by atoms with Crippen LogP contribution >= 0.6 is 0 Å². The van der Waals surface area contributed by atoms with Crippen LogP contribution in [0.2, 0.25) is 0 Å². The molecule has 0 aromatic carbocycles. The highest BCUT2D eigenvalue weighted by molar-refractivity contribution is 5.40. The molecule has 0 bridgehead atoms. The van der Waals surface area contributed by atoms with Crippen molar-refractivity contribution in [2.24, 2.45) is 58.7 Å². The summed E-state index contributed by atoms with van der Waals surface area (Å²) in [6, 6.07) is 5.06. The topological polar surface area (TPSA) is 30.5 Å². The zero-order valence-electron chi connectivity index (χ0n) is 36.1. The zero-order chi connectivity index (χ0) is 37.7. The molecule has 4 nitrogen and oxygen atoms in total. The Hall–Kier alpha value is -1.20. The molecule has 0 spiro atoms. The average Bonchev–Trinajstić information content (AvgIpc) is 3.78. The van der Waals surface area contributed by atoms with Gasteiger partial charge in [0.25, 0.3) is 0 Å². The first-order valence-electron chi connectivity index (χ1n) is 25.9. The van der Waals surface area contributed by atoms with Crippen molar-refractivity contribution in [1.29, 1.82) is 0 Å². The largest absolute Gasteiger partial charge is 0.290 e. The van der Waals surface area contributed by atoms with Crippen molar-refractivity contribution in [3.05, 3.63) is 47.6 Å². The van der Waals surface area contributed by atoms with Gasteiger partial charge in [-0.05, 0) is 173 Å². The summed E-state index contributed by atoms with van der Waals surface area (Å²) < 4.78 is 0. The van der Waals surface area contributed by atoms with Gasteiger partial charge in [-0.15, -0.1) is 0 Å². The molecule has 18 atom stereocenters. The average molecular weight is 773 g/mol. The maximum atomic E-state index is 4.68. The summed E-state index contributed by atoms with van der Waals surface area (Å²) in [4.78, 5) is 6.29. The van der Waals surface area contributed by atoms with Crippen LogP contribution in [-0.2, 0) is 0 Å². The van der Waals surface area contributed by atoms with Gasteiger partial charge in [0.05, 0.1) is 0 Å². The monoisotopic (exact) mass is 773 g/mol. The highest BCUT2D eigenvalue weighted by Crippen LogP contribution is 2.57. The van der Waals surface area contributed by atoms with Crippen molar-refractivity contribution >= 4 is 0 Å². The first-order valence-corrected chi connectivity index (χ1v) is 25.9. The lowest BCUT2D eigenvalue weighted by molar-refractivity contribution is -0.0569. The summed E-state index contributed by atoms with van der Waals surface area (Å²) in [7, 11) is 0. The zero-order valence-corrected chi connectivity index (χ0v) is 36.1. The molecule has 0 aromatic rings. The van der Waals surface area contributed by atoms with E-state index in [1.807, 2.05) is 5.57 Å². The van der Waals surface area contributed by atoms with E-state index in [1.165, 1.54) is 167 Å². The van der Waals surface area contributed by atoms with Gasteiger partial charge in [0.15, 0.2) is 0 Å². The Labute approximate surface area is 348 Å². The number of allylic oxidation sites excluding steroid dienone is 4. The van der Waals surface area contributed by atoms with Crippen LogP contribution < -0.4 is 10.6 Å². The van der Waals surface area contributed by atoms with E-state index >= 15 is 0 Å². The molecular weight excluding hydrogens is 693 g/mol. The minimum atomic E-state index is 0.356. The minimum Gasteiger partial charge on any atom is -0.290 e. The Balaban J connectivity index is 0.813. The van der Waals surface area contributed by atoms with Crippen LogP contribution in [0.5, 0.6) is 0 Å². The van der Waals surface area contributed by atoms with E-state index in [4.69, 9.17) is 0 Å². The van der Waals surface area contributed by atoms with Crippen LogP contribution in [0.3, 0.4) is 0 Å². The molecule has 2 N–H and O–H groups in total. The number of hydrogen-bond donors (Lipinski definition) is 2. The summed E-state index contributed by atoms with van der Waals surface area (Å²) >= 11 is 0. The van der Waals surface area contributed by atoms with Crippen LogP contribution in [0.15, 0.2) is 47.6 Å². The maximum absolute atomic E-state index is 4.68. The summed E-state index contributed by atoms with van der Waals surface area (Å²) in [6.07, 6.45) is 54.0. The summed E-state index contributed by atoms with van der Waals surface area (Å²) in [5.41, 5.74) is 4.09. The van der Waals surface area contributed by atoms with E-state index in [9.17, 15) is 0 Å². The number of fused-ring (bicyclic) bond motifs is 10.